The van der Waals surface area contributed by atoms with E-state index in [-0.39, 0.29) is 19.4 Å². The van der Waals surface area contributed by atoms with Crippen LogP contribution in [0.1, 0.15) is 19.4 Å². The van der Waals surface area contributed by atoms with Crippen LogP contribution in [0.4, 0.5) is 0 Å². The minimum absolute atomic E-state index is 0.187. The maximum Gasteiger partial charge on any atom is 0.323 e. The Morgan fingerprint density at radius 3 is 2.55 bits per heavy atom. The second kappa shape index (κ2) is 9.37. The molecule has 120 valence electrons. The van der Waals surface area contributed by atoms with Crippen molar-refractivity contribution in [3.8, 4) is 6.07 Å². The Kier molecular flexibility index (Phi) is 7.83. The molecule has 2 atom stereocenters. The molecule has 7 heteroatoms. The quantitative estimate of drug-likeness (QED) is 0.554. The average Bonchev–Trinajstić information content (AvgIpc) is 2.48. The van der Waals surface area contributed by atoms with Crippen LogP contribution < -0.4 is 5.09 Å². The lowest BCUT2D eigenvalue weighted by Gasteiger charge is -2.23. The Hall–Kier alpha value is -1.67. The predicted octanol–water partition coefficient (Wildman–Crippen LogP) is 2.50. The summed E-state index contributed by atoms with van der Waals surface area (Å²) in [5.41, 5.74) is 0.896. The van der Waals surface area contributed by atoms with E-state index in [1.807, 2.05) is 36.4 Å². The molecule has 1 aromatic carbocycles. The molecule has 0 spiro atoms. The predicted molar refractivity (Wildman–Crippen MR) is 83.4 cm³/mol. The van der Waals surface area contributed by atoms with E-state index in [1.165, 1.54) is 0 Å². The molecule has 0 fully saturated rings. The average molecular weight is 324 g/mol. The van der Waals surface area contributed by atoms with Crippen LogP contribution in [0.25, 0.3) is 0 Å². The number of nitriles is 1. The van der Waals surface area contributed by atoms with Gasteiger partial charge in [0, 0.05) is 0 Å². The number of carbonyl (C=O) groups is 1. The van der Waals surface area contributed by atoms with Gasteiger partial charge in [0.15, 0.2) is 0 Å². The van der Waals surface area contributed by atoms with Gasteiger partial charge in [-0.3, -0.25) is 9.36 Å². The summed E-state index contributed by atoms with van der Waals surface area (Å²) in [7, 11) is -3.40. The number of hydrogen-bond donors (Lipinski definition) is 1. The molecule has 0 heterocycles. The van der Waals surface area contributed by atoms with Crippen LogP contribution in [-0.2, 0) is 25.0 Å². The monoisotopic (exact) mass is 324 g/mol. The smallest absolute Gasteiger partial charge is 0.323 e. The number of esters is 1. The first-order valence-electron chi connectivity index (χ1n) is 7.13. The number of nitrogens with zero attached hydrogens (tertiary/aromatic N) is 1. The van der Waals surface area contributed by atoms with Crippen molar-refractivity contribution in [1.82, 2.24) is 5.09 Å². The fraction of sp³-hybridized carbons (Fsp3) is 0.467. The van der Waals surface area contributed by atoms with Gasteiger partial charge in [0.1, 0.15) is 12.2 Å². The SMILES string of the molecule is CCOC(=O)[C@H](Cc1ccccc1)NP(=O)(CC#N)OCC. The summed E-state index contributed by atoms with van der Waals surface area (Å²) in [6.45, 7) is 3.80. The molecule has 1 rings (SSSR count). The van der Waals surface area contributed by atoms with E-state index in [0.717, 1.165) is 5.56 Å². The Morgan fingerprint density at radius 2 is 2.00 bits per heavy atom. The van der Waals surface area contributed by atoms with Gasteiger partial charge in [0.05, 0.1) is 19.3 Å². The molecule has 0 aliphatic carbocycles. The van der Waals surface area contributed by atoms with Gasteiger partial charge in [-0.05, 0) is 25.8 Å². The third-order valence-electron chi connectivity index (χ3n) is 2.82. The fourth-order valence-corrected chi connectivity index (χ4v) is 3.47. The molecule has 0 aliphatic rings. The standard InChI is InChI=1S/C15H21N2O4P/c1-3-20-15(18)14(12-13-8-6-5-7-9-13)17-22(19,11-10-16)21-4-2/h5-9,14H,3-4,11-12H2,1-2H3,(H,17,19)/t14-,22?/m0/s1. The minimum Gasteiger partial charge on any atom is -0.465 e. The van der Waals surface area contributed by atoms with Crippen molar-refractivity contribution >= 4 is 13.5 Å². The van der Waals surface area contributed by atoms with Crippen molar-refractivity contribution in [2.24, 2.45) is 0 Å². The minimum atomic E-state index is -3.40. The van der Waals surface area contributed by atoms with Crippen LogP contribution in [0.3, 0.4) is 0 Å². The van der Waals surface area contributed by atoms with E-state index in [1.54, 1.807) is 13.8 Å². The summed E-state index contributed by atoms with van der Waals surface area (Å²) < 4.78 is 22.8. The molecule has 1 N–H and O–H groups in total. The van der Waals surface area contributed by atoms with E-state index >= 15 is 0 Å². The molecule has 0 aliphatic heterocycles. The zero-order valence-corrected chi connectivity index (χ0v) is 13.7. The van der Waals surface area contributed by atoms with Crippen LogP contribution in [0, 0.1) is 11.3 Å². The Labute approximate surface area is 130 Å². The highest BCUT2D eigenvalue weighted by molar-refractivity contribution is 7.57. The lowest BCUT2D eigenvalue weighted by atomic mass is 10.1. The zero-order valence-electron chi connectivity index (χ0n) is 12.8. The summed E-state index contributed by atoms with van der Waals surface area (Å²) in [4.78, 5) is 12.1. The van der Waals surface area contributed by atoms with Gasteiger partial charge in [0.2, 0.25) is 0 Å². The highest BCUT2D eigenvalue weighted by Crippen LogP contribution is 2.42. The molecule has 1 unspecified atom stereocenters. The highest BCUT2D eigenvalue weighted by Gasteiger charge is 2.31. The summed E-state index contributed by atoms with van der Waals surface area (Å²) in [5.74, 6) is -0.510. The van der Waals surface area contributed by atoms with E-state index in [2.05, 4.69) is 5.09 Å². The number of rotatable bonds is 9. The maximum atomic E-state index is 12.6. The van der Waals surface area contributed by atoms with Gasteiger partial charge in [-0.2, -0.15) is 5.26 Å². The molecule has 0 amide bonds. The second-order valence-electron chi connectivity index (χ2n) is 4.53. The van der Waals surface area contributed by atoms with Crippen molar-refractivity contribution in [2.75, 3.05) is 19.4 Å². The largest absolute Gasteiger partial charge is 0.465 e. The summed E-state index contributed by atoms with van der Waals surface area (Å²) >= 11 is 0. The molecular formula is C15H21N2O4P. The number of nitrogens with one attached hydrogen (secondary N) is 1. The second-order valence-corrected chi connectivity index (χ2v) is 6.71. The van der Waals surface area contributed by atoms with E-state index in [9.17, 15) is 9.36 Å². The number of hydrogen-bond acceptors (Lipinski definition) is 5. The van der Waals surface area contributed by atoms with Gasteiger partial charge in [-0.1, -0.05) is 30.3 Å². The molecular weight excluding hydrogens is 303 g/mol. The van der Waals surface area contributed by atoms with E-state index in [4.69, 9.17) is 14.5 Å². The summed E-state index contributed by atoms with van der Waals surface area (Å²) in [6, 6.07) is 10.3. The third-order valence-corrected chi connectivity index (χ3v) is 4.76. The molecule has 0 radical (unpaired) electrons. The van der Waals surface area contributed by atoms with Gasteiger partial charge in [-0.15, -0.1) is 0 Å². The number of carbonyl (C=O) groups excluding carboxylic acids is 1. The van der Waals surface area contributed by atoms with Crippen molar-refractivity contribution in [2.45, 2.75) is 26.3 Å². The lowest BCUT2D eigenvalue weighted by molar-refractivity contribution is -0.145. The molecule has 6 nitrogen and oxygen atoms in total. The van der Waals surface area contributed by atoms with Crippen LogP contribution >= 0.6 is 7.52 Å². The molecule has 22 heavy (non-hydrogen) atoms. The first kappa shape index (κ1) is 18.4. The van der Waals surface area contributed by atoms with Crippen molar-refractivity contribution in [1.29, 1.82) is 5.26 Å². The van der Waals surface area contributed by atoms with Gasteiger partial charge < -0.3 is 9.26 Å². The van der Waals surface area contributed by atoms with Crippen LogP contribution in [0.2, 0.25) is 0 Å². The van der Waals surface area contributed by atoms with Crippen LogP contribution in [0.5, 0.6) is 0 Å². The molecule has 1 aromatic rings. The van der Waals surface area contributed by atoms with Gasteiger partial charge in [0.25, 0.3) is 7.52 Å². The first-order valence-corrected chi connectivity index (χ1v) is 8.94. The Balaban J connectivity index is 2.92. The molecule has 0 saturated carbocycles. The topological polar surface area (TPSA) is 88.4 Å². The fourth-order valence-electron chi connectivity index (χ4n) is 1.94. The van der Waals surface area contributed by atoms with Crippen molar-refractivity contribution in [3.05, 3.63) is 35.9 Å². The number of ether oxygens (including phenoxy) is 1. The molecule has 0 bridgehead atoms. The normalized spacial score (nSPS) is 14.6. The Bertz CT molecular complexity index is 556. The van der Waals surface area contributed by atoms with Crippen LogP contribution in [0.15, 0.2) is 30.3 Å². The maximum absolute atomic E-state index is 12.6. The van der Waals surface area contributed by atoms with Crippen molar-refractivity contribution < 1.29 is 18.6 Å². The van der Waals surface area contributed by atoms with Gasteiger partial charge >= 0.3 is 5.97 Å². The Morgan fingerprint density at radius 1 is 1.32 bits per heavy atom. The lowest BCUT2D eigenvalue weighted by Crippen LogP contribution is -2.39. The third kappa shape index (κ3) is 5.98. The zero-order chi connectivity index (χ0) is 16.4. The van der Waals surface area contributed by atoms with Gasteiger partial charge in [-0.25, -0.2) is 5.09 Å². The highest BCUT2D eigenvalue weighted by atomic mass is 31.2. The molecule has 0 aromatic heterocycles. The van der Waals surface area contributed by atoms with Crippen molar-refractivity contribution in [3.63, 3.8) is 0 Å². The number of benzene rings is 1. The summed E-state index contributed by atoms with van der Waals surface area (Å²) in [6.07, 6.45) is 0.00764. The first-order chi connectivity index (χ1) is 10.5. The van der Waals surface area contributed by atoms with Crippen LogP contribution in [-0.4, -0.2) is 31.4 Å². The van der Waals surface area contributed by atoms with E-state index < -0.39 is 19.5 Å². The summed E-state index contributed by atoms with van der Waals surface area (Å²) in [5, 5.41) is 11.5. The van der Waals surface area contributed by atoms with E-state index in [0.29, 0.717) is 6.42 Å². The molecule has 0 saturated heterocycles.